The van der Waals surface area contributed by atoms with Gasteiger partial charge in [0, 0.05) is 6.42 Å². The van der Waals surface area contributed by atoms with Crippen molar-refractivity contribution >= 4 is 0 Å². The number of rotatable bonds is 4. The summed E-state index contributed by atoms with van der Waals surface area (Å²) in [6, 6.07) is -0.167. The molecule has 1 aromatic rings. The molecule has 1 atom stereocenters. The van der Waals surface area contributed by atoms with E-state index in [9.17, 15) is 0 Å². The fourth-order valence-electron chi connectivity index (χ4n) is 2.69. The Morgan fingerprint density at radius 2 is 1.95 bits per heavy atom. The van der Waals surface area contributed by atoms with Crippen LogP contribution in [0.4, 0.5) is 0 Å². The molecule has 0 aromatic carbocycles. The average molecular weight is 265 g/mol. The summed E-state index contributed by atoms with van der Waals surface area (Å²) in [4.78, 5) is 4.46. The van der Waals surface area contributed by atoms with Gasteiger partial charge in [-0.25, -0.2) is 0 Å². The summed E-state index contributed by atoms with van der Waals surface area (Å²) in [7, 11) is 0. The van der Waals surface area contributed by atoms with Crippen LogP contribution in [0.3, 0.4) is 0 Å². The topological polar surface area (TPSA) is 64.9 Å². The lowest BCUT2D eigenvalue weighted by molar-refractivity contribution is 0.295. The smallest absolute Gasteiger partial charge is 0.226 e. The van der Waals surface area contributed by atoms with Crippen LogP contribution in [0.15, 0.2) is 4.52 Å². The third-order valence-corrected chi connectivity index (χ3v) is 4.19. The maximum absolute atomic E-state index is 6.14. The summed E-state index contributed by atoms with van der Waals surface area (Å²) in [5.74, 6) is 2.24. The first kappa shape index (κ1) is 14.5. The van der Waals surface area contributed by atoms with E-state index in [1.807, 2.05) is 0 Å². The van der Waals surface area contributed by atoms with Gasteiger partial charge < -0.3 is 10.3 Å². The molecule has 108 valence electrons. The molecule has 2 N–H and O–H groups in total. The second-order valence-corrected chi connectivity index (χ2v) is 6.93. The molecular formula is C15H27N3O. The van der Waals surface area contributed by atoms with Crippen LogP contribution in [-0.2, 0) is 6.42 Å². The molecule has 1 aliphatic carbocycles. The van der Waals surface area contributed by atoms with Crippen molar-refractivity contribution in [2.45, 2.75) is 71.8 Å². The van der Waals surface area contributed by atoms with Crippen molar-refractivity contribution in [3.05, 3.63) is 11.7 Å². The van der Waals surface area contributed by atoms with E-state index in [0.717, 1.165) is 18.2 Å². The molecule has 1 aromatic heterocycles. The van der Waals surface area contributed by atoms with E-state index in [4.69, 9.17) is 10.3 Å². The Morgan fingerprint density at radius 3 is 2.58 bits per heavy atom. The number of aromatic nitrogens is 2. The SMILES string of the molecule is CC(C)(C)C(N)c1noc(CCC2CCCCC2)n1. The molecule has 1 saturated carbocycles. The van der Waals surface area contributed by atoms with Crippen molar-refractivity contribution in [1.82, 2.24) is 10.1 Å². The van der Waals surface area contributed by atoms with Crippen LogP contribution in [0, 0.1) is 11.3 Å². The number of nitrogens with two attached hydrogens (primary N) is 1. The van der Waals surface area contributed by atoms with Crippen LogP contribution in [0.5, 0.6) is 0 Å². The Balaban J connectivity index is 1.86. The summed E-state index contributed by atoms with van der Waals surface area (Å²) in [6.45, 7) is 6.28. The van der Waals surface area contributed by atoms with Crippen molar-refractivity contribution in [3.8, 4) is 0 Å². The highest BCUT2D eigenvalue weighted by atomic mass is 16.5. The summed E-state index contributed by atoms with van der Waals surface area (Å²) >= 11 is 0. The maximum Gasteiger partial charge on any atom is 0.226 e. The van der Waals surface area contributed by atoms with E-state index >= 15 is 0 Å². The van der Waals surface area contributed by atoms with Crippen molar-refractivity contribution in [2.75, 3.05) is 0 Å². The number of hydrogen-bond donors (Lipinski definition) is 1. The minimum atomic E-state index is -0.167. The van der Waals surface area contributed by atoms with Gasteiger partial charge in [-0.15, -0.1) is 0 Å². The van der Waals surface area contributed by atoms with Gasteiger partial charge in [0.15, 0.2) is 5.82 Å². The first-order valence-electron chi connectivity index (χ1n) is 7.55. The number of aryl methyl sites for hydroxylation is 1. The molecule has 1 heterocycles. The lowest BCUT2D eigenvalue weighted by Gasteiger charge is -2.23. The van der Waals surface area contributed by atoms with Crippen LogP contribution >= 0.6 is 0 Å². The lowest BCUT2D eigenvalue weighted by Crippen LogP contribution is -2.27. The monoisotopic (exact) mass is 265 g/mol. The predicted octanol–water partition coefficient (Wildman–Crippen LogP) is 3.63. The van der Waals surface area contributed by atoms with Gasteiger partial charge in [0.25, 0.3) is 0 Å². The maximum atomic E-state index is 6.14. The van der Waals surface area contributed by atoms with E-state index < -0.39 is 0 Å². The summed E-state index contributed by atoms with van der Waals surface area (Å²) < 4.78 is 5.33. The molecule has 19 heavy (non-hydrogen) atoms. The molecule has 0 amide bonds. The Labute approximate surface area is 116 Å². The molecule has 1 aliphatic rings. The molecule has 1 unspecified atom stereocenters. The van der Waals surface area contributed by atoms with E-state index in [0.29, 0.717) is 5.82 Å². The van der Waals surface area contributed by atoms with Crippen LogP contribution in [0.25, 0.3) is 0 Å². The second-order valence-electron chi connectivity index (χ2n) is 6.93. The highest BCUT2D eigenvalue weighted by Crippen LogP contribution is 2.30. The van der Waals surface area contributed by atoms with Gasteiger partial charge in [-0.05, 0) is 17.8 Å². The molecule has 0 aliphatic heterocycles. The molecule has 4 heteroatoms. The fraction of sp³-hybridized carbons (Fsp3) is 0.867. The Morgan fingerprint density at radius 1 is 1.26 bits per heavy atom. The Kier molecular flexibility index (Phi) is 4.61. The summed E-state index contributed by atoms with van der Waals surface area (Å²) in [5.41, 5.74) is 6.10. The number of nitrogens with zero attached hydrogens (tertiary/aromatic N) is 2. The molecular weight excluding hydrogens is 238 g/mol. The van der Waals surface area contributed by atoms with Crippen molar-refractivity contribution in [1.29, 1.82) is 0 Å². The second kappa shape index (κ2) is 6.04. The average Bonchev–Trinajstić information content (AvgIpc) is 2.84. The van der Waals surface area contributed by atoms with Crippen LogP contribution in [0.1, 0.15) is 77.1 Å². The Hall–Kier alpha value is -0.900. The van der Waals surface area contributed by atoms with Gasteiger partial charge in [-0.3, -0.25) is 0 Å². The highest BCUT2D eigenvalue weighted by Gasteiger charge is 2.27. The van der Waals surface area contributed by atoms with Crippen molar-refractivity contribution in [2.24, 2.45) is 17.1 Å². The van der Waals surface area contributed by atoms with Gasteiger partial charge in [-0.2, -0.15) is 4.98 Å². The third-order valence-electron chi connectivity index (χ3n) is 4.19. The molecule has 0 radical (unpaired) electrons. The van der Waals surface area contributed by atoms with Crippen LogP contribution < -0.4 is 5.73 Å². The third kappa shape index (κ3) is 4.03. The van der Waals surface area contributed by atoms with E-state index in [1.165, 1.54) is 38.5 Å². The largest absolute Gasteiger partial charge is 0.339 e. The highest BCUT2D eigenvalue weighted by molar-refractivity contribution is 4.98. The zero-order valence-corrected chi connectivity index (χ0v) is 12.5. The van der Waals surface area contributed by atoms with Crippen molar-refractivity contribution in [3.63, 3.8) is 0 Å². The molecule has 2 rings (SSSR count). The zero-order valence-electron chi connectivity index (χ0n) is 12.5. The molecule has 0 spiro atoms. The molecule has 1 fully saturated rings. The van der Waals surface area contributed by atoms with Crippen molar-refractivity contribution < 1.29 is 4.52 Å². The van der Waals surface area contributed by atoms with Gasteiger partial charge in [-0.1, -0.05) is 58.0 Å². The summed E-state index contributed by atoms with van der Waals surface area (Å²) in [5, 5.41) is 4.04. The number of hydrogen-bond acceptors (Lipinski definition) is 4. The Bertz CT molecular complexity index is 388. The van der Waals surface area contributed by atoms with E-state index in [-0.39, 0.29) is 11.5 Å². The van der Waals surface area contributed by atoms with Gasteiger partial charge >= 0.3 is 0 Å². The fourth-order valence-corrected chi connectivity index (χ4v) is 2.69. The molecule has 0 saturated heterocycles. The van der Waals surface area contributed by atoms with Gasteiger partial charge in [0.05, 0.1) is 6.04 Å². The minimum Gasteiger partial charge on any atom is -0.339 e. The van der Waals surface area contributed by atoms with Crippen LogP contribution in [0.2, 0.25) is 0 Å². The first-order valence-corrected chi connectivity index (χ1v) is 7.55. The van der Waals surface area contributed by atoms with E-state index in [1.54, 1.807) is 0 Å². The van der Waals surface area contributed by atoms with E-state index in [2.05, 4.69) is 30.9 Å². The zero-order chi connectivity index (χ0) is 13.9. The lowest BCUT2D eigenvalue weighted by atomic mass is 9.86. The van der Waals surface area contributed by atoms with Crippen LogP contribution in [-0.4, -0.2) is 10.1 Å². The summed E-state index contributed by atoms with van der Waals surface area (Å²) in [6.07, 6.45) is 8.97. The van der Waals surface area contributed by atoms with Gasteiger partial charge in [0.1, 0.15) is 0 Å². The minimum absolute atomic E-state index is 0.0372. The predicted molar refractivity (Wildman–Crippen MR) is 75.6 cm³/mol. The molecule has 0 bridgehead atoms. The van der Waals surface area contributed by atoms with Gasteiger partial charge in [0.2, 0.25) is 5.89 Å². The first-order chi connectivity index (χ1) is 8.97. The molecule has 4 nitrogen and oxygen atoms in total. The standard InChI is InChI=1S/C15H27N3O/c1-15(2,3)13(16)14-17-12(19-18-14)10-9-11-7-5-4-6-8-11/h11,13H,4-10,16H2,1-3H3. The quantitative estimate of drug-likeness (QED) is 0.902. The normalized spacial score (nSPS) is 19.6.